The van der Waals surface area contributed by atoms with E-state index in [1.54, 1.807) is 0 Å². The highest BCUT2D eigenvalue weighted by Crippen LogP contribution is 2.23. The molecule has 0 fully saturated rings. The van der Waals surface area contributed by atoms with Crippen LogP contribution >= 0.6 is 0 Å². The number of aryl methyl sites for hydroxylation is 6. The third-order valence-electron chi connectivity index (χ3n) is 7.04. The van der Waals surface area contributed by atoms with E-state index in [-0.39, 0.29) is 0 Å². The van der Waals surface area contributed by atoms with E-state index in [0.29, 0.717) is 17.8 Å². The molecule has 0 aliphatic carbocycles. The normalized spacial score (nSPS) is 10.9. The Morgan fingerprint density at radius 2 is 0.730 bits per heavy atom. The van der Waals surface area contributed by atoms with E-state index >= 15 is 0 Å². The molecule has 3 rings (SSSR count). The van der Waals surface area contributed by atoms with E-state index in [1.807, 2.05) is 34.6 Å². The van der Waals surface area contributed by atoms with Gasteiger partial charge in [0.15, 0.2) is 0 Å². The van der Waals surface area contributed by atoms with E-state index in [1.165, 1.54) is 39.3 Å². The number of pyridine rings is 1. The van der Waals surface area contributed by atoms with E-state index in [0.717, 1.165) is 34.3 Å². The summed E-state index contributed by atoms with van der Waals surface area (Å²) in [6.45, 7) is 33.7. The summed E-state index contributed by atoms with van der Waals surface area (Å²) in [7, 11) is 0. The maximum absolute atomic E-state index is 4.63. The van der Waals surface area contributed by atoms with Gasteiger partial charge in [0.05, 0.1) is 22.8 Å². The Bertz CT molecular complexity index is 1210. The van der Waals surface area contributed by atoms with Crippen molar-refractivity contribution < 1.29 is 0 Å². The van der Waals surface area contributed by atoms with Crippen molar-refractivity contribution in [3.8, 4) is 0 Å². The maximum atomic E-state index is 4.63. The smallest absolute Gasteiger partial charge is 0.125 e. The highest BCUT2D eigenvalue weighted by Gasteiger charge is 2.11. The molecule has 0 aliphatic rings. The molecule has 5 heteroatoms. The molecule has 0 atom stereocenters. The molecule has 0 amide bonds. The van der Waals surface area contributed by atoms with Gasteiger partial charge in [0.25, 0.3) is 0 Å². The molecule has 0 unspecified atom stereocenters. The summed E-state index contributed by atoms with van der Waals surface area (Å²) in [6, 6.07) is 0. The molecule has 37 heavy (non-hydrogen) atoms. The quantitative estimate of drug-likeness (QED) is 0.357. The van der Waals surface area contributed by atoms with Gasteiger partial charge >= 0.3 is 0 Å². The molecule has 0 spiro atoms. The zero-order chi connectivity index (χ0) is 28.8. The molecule has 0 aromatic carbocycles. The number of hydrogen-bond donors (Lipinski definition) is 0. The average Bonchev–Trinajstić information content (AvgIpc) is 2.80. The van der Waals surface area contributed by atoms with Crippen LogP contribution < -0.4 is 0 Å². The van der Waals surface area contributed by atoms with E-state index in [4.69, 9.17) is 0 Å². The Labute approximate surface area is 227 Å². The molecule has 0 bridgehead atoms. The summed E-state index contributed by atoms with van der Waals surface area (Å²) in [4.78, 5) is 22.3. The predicted octanol–water partition coefficient (Wildman–Crippen LogP) is 8.49. The molecule has 0 aliphatic heterocycles. The molecule has 204 valence electrons. The molecule has 0 radical (unpaired) electrons. The lowest BCUT2D eigenvalue weighted by molar-refractivity contribution is 0.779. The number of rotatable bonds is 3. The standard InChI is InChI=1S/C12H19N.2C10H16N2/c1-7(2)12-10(5)8(3)9(4)11(6)13-12;1-6(2)10-9(5)11-7(3)8(4)12-10;1-6(2)10-7(3)8(4)11-9(5)12-10/h7H,1-6H3;2*6H,1-5H3. The van der Waals surface area contributed by atoms with Crippen molar-refractivity contribution in [3.05, 3.63) is 73.6 Å². The van der Waals surface area contributed by atoms with Gasteiger partial charge in [0.2, 0.25) is 0 Å². The van der Waals surface area contributed by atoms with Crippen LogP contribution in [0.1, 0.15) is 133 Å². The summed E-state index contributed by atoms with van der Waals surface area (Å²) in [6.07, 6.45) is 0. The first-order valence-corrected chi connectivity index (χ1v) is 13.6. The van der Waals surface area contributed by atoms with Crippen LogP contribution in [0.5, 0.6) is 0 Å². The van der Waals surface area contributed by atoms with Crippen LogP contribution in [0.3, 0.4) is 0 Å². The Hall–Kier alpha value is -2.69. The van der Waals surface area contributed by atoms with Gasteiger partial charge in [0.1, 0.15) is 5.82 Å². The Morgan fingerprint density at radius 1 is 0.324 bits per heavy atom. The Morgan fingerprint density at radius 3 is 1.22 bits per heavy atom. The van der Waals surface area contributed by atoms with Crippen LogP contribution in [0, 0.1) is 69.2 Å². The summed E-state index contributed by atoms with van der Waals surface area (Å²) >= 11 is 0. The van der Waals surface area contributed by atoms with Gasteiger partial charge in [-0.3, -0.25) is 15.0 Å². The monoisotopic (exact) mass is 505 g/mol. The van der Waals surface area contributed by atoms with Crippen molar-refractivity contribution in [2.45, 2.75) is 129 Å². The second-order valence-corrected chi connectivity index (χ2v) is 11.2. The predicted molar refractivity (Wildman–Crippen MR) is 158 cm³/mol. The van der Waals surface area contributed by atoms with Crippen molar-refractivity contribution in [1.82, 2.24) is 24.9 Å². The van der Waals surface area contributed by atoms with Gasteiger partial charge < -0.3 is 0 Å². The van der Waals surface area contributed by atoms with Gasteiger partial charge in [-0.15, -0.1) is 0 Å². The van der Waals surface area contributed by atoms with Crippen LogP contribution in [0.2, 0.25) is 0 Å². The number of nitrogens with zero attached hydrogens (tertiary/aromatic N) is 5. The lowest BCUT2D eigenvalue weighted by Crippen LogP contribution is -2.03. The van der Waals surface area contributed by atoms with Crippen LogP contribution in [0.25, 0.3) is 0 Å². The van der Waals surface area contributed by atoms with E-state index in [2.05, 4.69) is 101 Å². The summed E-state index contributed by atoms with van der Waals surface area (Å²) in [5.41, 5.74) is 14.3. The van der Waals surface area contributed by atoms with E-state index < -0.39 is 0 Å². The third-order valence-corrected chi connectivity index (χ3v) is 7.04. The van der Waals surface area contributed by atoms with Crippen LogP contribution in [-0.2, 0) is 0 Å². The topological polar surface area (TPSA) is 64.5 Å². The van der Waals surface area contributed by atoms with Gasteiger partial charge in [-0.05, 0) is 109 Å². The SMILES string of the molecule is Cc1nc(C(C)C)c(C)c(C)c1C.Cc1nc(C)c(C(C)C)nc1C.Cc1nc(C)c(C)c(C(C)C)n1. The molecule has 3 heterocycles. The minimum absolute atomic E-state index is 0.469. The lowest BCUT2D eigenvalue weighted by atomic mass is 9.97. The highest BCUT2D eigenvalue weighted by atomic mass is 14.9. The molecular weight excluding hydrogens is 454 g/mol. The van der Waals surface area contributed by atoms with Crippen molar-refractivity contribution in [3.63, 3.8) is 0 Å². The molecule has 0 saturated carbocycles. The summed E-state index contributed by atoms with van der Waals surface area (Å²) < 4.78 is 0. The first kappa shape index (κ1) is 32.3. The molecule has 5 nitrogen and oxygen atoms in total. The Balaban J connectivity index is 0.000000278. The first-order valence-electron chi connectivity index (χ1n) is 13.6. The molecular formula is C32H51N5. The third kappa shape index (κ3) is 8.69. The van der Waals surface area contributed by atoms with Gasteiger partial charge in [-0.1, -0.05) is 41.5 Å². The molecule has 3 aromatic rings. The zero-order valence-corrected chi connectivity index (χ0v) is 26.5. The van der Waals surface area contributed by atoms with Crippen molar-refractivity contribution >= 4 is 0 Å². The second kappa shape index (κ2) is 13.7. The summed E-state index contributed by atoms with van der Waals surface area (Å²) in [5, 5.41) is 0. The lowest BCUT2D eigenvalue weighted by Gasteiger charge is -2.15. The highest BCUT2D eigenvalue weighted by molar-refractivity contribution is 5.38. The number of aromatic nitrogens is 5. The maximum Gasteiger partial charge on any atom is 0.125 e. The van der Waals surface area contributed by atoms with Crippen molar-refractivity contribution in [2.24, 2.45) is 0 Å². The van der Waals surface area contributed by atoms with Crippen LogP contribution in [-0.4, -0.2) is 24.9 Å². The number of hydrogen-bond acceptors (Lipinski definition) is 5. The zero-order valence-electron chi connectivity index (χ0n) is 26.5. The minimum Gasteiger partial charge on any atom is -0.257 e. The van der Waals surface area contributed by atoms with Crippen LogP contribution in [0.4, 0.5) is 0 Å². The first-order chi connectivity index (χ1) is 17.0. The van der Waals surface area contributed by atoms with Gasteiger partial charge in [-0.2, -0.15) is 0 Å². The largest absolute Gasteiger partial charge is 0.257 e. The minimum atomic E-state index is 0.469. The summed E-state index contributed by atoms with van der Waals surface area (Å²) in [5.74, 6) is 2.36. The van der Waals surface area contributed by atoms with Crippen LogP contribution in [0.15, 0.2) is 0 Å². The molecule has 0 N–H and O–H groups in total. The fraction of sp³-hybridized carbons (Fsp3) is 0.594. The van der Waals surface area contributed by atoms with Crippen molar-refractivity contribution in [2.75, 3.05) is 0 Å². The van der Waals surface area contributed by atoms with E-state index in [9.17, 15) is 0 Å². The molecule has 0 saturated heterocycles. The average molecular weight is 506 g/mol. The Kier molecular flexibility index (Phi) is 12.0. The second-order valence-electron chi connectivity index (χ2n) is 11.2. The molecule has 3 aromatic heterocycles. The fourth-order valence-electron chi connectivity index (χ4n) is 4.29. The van der Waals surface area contributed by atoms with Gasteiger partial charge in [-0.25, -0.2) is 9.97 Å². The van der Waals surface area contributed by atoms with Crippen molar-refractivity contribution in [1.29, 1.82) is 0 Å². The van der Waals surface area contributed by atoms with Gasteiger partial charge in [0, 0.05) is 22.8 Å². The fourth-order valence-corrected chi connectivity index (χ4v) is 4.29.